The number of amides is 1. The summed E-state index contributed by atoms with van der Waals surface area (Å²) in [5, 5.41) is 12.4. The van der Waals surface area contributed by atoms with Crippen LogP contribution in [-0.2, 0) is 4.79 Å². The molecule has 4 unspecified atom stereocenters. The van der Waals surface area contributed by atoms with Gasteiger partial charge in [-0.25, -0.2) is 0 Å². The summed E-state index contributed by atoms with van der Waals surface area (Å²) in [7, 11) is 0. The molecule has 1 aliphatic heterocycles. The number of carbonyl (C=O) groups is 1. The standard InChI is InChI=1S/C16H27N3O/c1-3-4-13-5-6-14(10-17)16(9-13)19-8-7-15(11-19)18-12(2)20/h13-16H,3-9,11H2,1-2H3,(H,18,20). The molecule has 2 fully saturated rings. The highest BCUT2D eigenvalue weighted by atomic mass is 16.1. The van der Waals surface area contributed by atoms with E-state index in [0.29, 0.717) is 6.04 Å². The molecule has 0 aromatic heterocycles. The van der Waals surface area contributed by atoms with Crippen LogP contribution in [-0.4, -0.2) is 36.0 Å². The molecule has 1 saturated heterocycles. The van der Waals surface area contributed by atoms with Crippen LogP contribution >= 0.6 is 0 Å². The molecule has 4 heteroatoms. The summed E-state index contributed by atoms with van der Waals surface area (Å²) in [6.07, 6.45) is 6.98. The minimum absolute atomic E-state index is 0.0567. The van der Waals surface area contributed by atoms with Gasteiger partial charge in [-0.1, -0.05) is 19.8 Å². The van der Waals surface area contributed by atoms with Crippen molar-refractivity contribution in [2.45, 2.75) is 64.5 Å². The van der Waals surface area contributed by atoms with Gasteiger partial charge < -0.3 is 5.32 Å². The second kappa shape index (κ2) is 7.08. The zero-order valence-electron chi connectivity index (χ0n) is 12.8. The molecule has 1 N–H and O–H groups in total. The van der Waals surface area contributed by atoms with Gasteiger partial charge >= 0.3 is 0 Å². The van der Waals surface area contributed by atoms with Gasteiger partial charge in [0.05, 0.1) is 12.0 Å². The minimum atomic E-state index is 0.0567. The number of nitrogens with one attached hydrogen (secondary N) is 1. The molecule has 1 aliphatic carbocycles. The lowest BCUT2D eigenvalue weighted by Gasteiger charge is -2.38. The maximum Gasteiger partial charge on any atom is 0.217 e. The minimum Gasteiger partial charge on any atom is -0.352 e. The Morgan fingerprint density at radius 3 is 2.85 bits per heavy atom. The van der Waals surface area contributed by atoms with Crippen molar-refractivity contribution in [1.82, 2.24) is 10.2 Å². The second-order valence-corrected chi connectivity index (χ2v) is 6.45. The van der Waals surface area contributed by atoms with Gasteiger partial charge in [0.1, 0.15) is 0 Å². The Bertz CT molecular complexity index is 376. The molecule has 1 saturated carbocycles. The van der Waals surface area contributed by atoms with E-state index in [1.807, 2.05) is 0 Å². The lowest BCUT2D eigenvalue weighted by Crippen LogP contribution is -2.45. The number of likely N-dealkylation sites (tertiary alicyclic amines) is 1. The molecule has 20 heavy (non-hydrogen) atoms. The Kier molecular flexibility index (Phi) is 5.42. The Balaban J connectivity index is 1.94. The van der Waals surface area contributed by atoms with Gasteiger partial charge in [0.15, 0.2) is 0 Å². The molecule has 0 bridgehead atoms. The van der Waals surface area contributed by atoms with Crippen LogP contribution in [0.5, 0.6) is 0 Å². The van der Waals surface area contributed by atoms with Crippen LogP contribution in [0.15, 0.2) is 0 Å². The van der Waals surface area contributed by atoms with Crippen LogP contribution in [0.1, 0.15) is 52.4 Å². The fourth-order valence-corrected chi connectivity index (χ4v) is 3.95. The highest BCUT2D eigenvalue weighted by molar-refractivity contribution is 5.73. The van der Waals surface area contributed by atoms with E-state index in [0.717, 1.165) is 31.8 Å². The summed E-state index contributed by atoms with van der Waals surface area (Å²) in [4.78, 5) is 13.6. The molecule has 1 heterocycles. The molecule has 0 radical (unpaired) electrons. The van der Waals surface area contributed by atoms with Gasteiger partial charge in [-0.05, 0) is 31.6 Å². The monoisotopic (exact) mass is 277 g/mol. The lowest BCUT2D eigenvalue weighted by atomic mass is 9.76. The van der Waals surface area contributed by atoms with E-state index in [1.54, 1.807) is 6.92 Å². The van der Waals surface area contributed by atoms with Crippen LogP contribution in [0.2, 0.25) is 0 Å². The van der Waals surface area contributed by atoms with Gasteiger partial charge in [-0.2, -0.15) is 5.26 Å². The molecule has 2 rings (SSSR count). The first-order chi connectivity index (χ1) is 9.63. The predicted octanol–water partition coefficient (Wildman–Crippen LogP) is 2.31. The van der Waals surface area contributed by atoms with Crippen molar-refractivity contribution in [3.05, 3.63) is 0 Å². The van der Waals surface area contributed by atoms with Crippen molar-refractivity contribution >= 4 is 5.91 Å². The van der Waals surface area contributed by atoms with Crippen LogP contribution in [0.25, 0.3) is 0 Å². The number of rotatable bonds is 4. The fraction of sp³-hybridized carbons (Fsp3) is 0.875. The summed E-state index contributed by atoms with van der Waals surface area (Å²) in [6, 6.07) is 3.20. The summed E-state index contributed by atoms with van der Waals surface area (Å²) in [5.74, 6) is 1.02. The van der Waals surface area contributed by atoms with Crippen molar-refractivity contribution in [2.24, 2.45) is 11.8 Å². The third kappa shape index (κ3) is 3.73. The topological polar surface area (TPSA) is 56.1 Å². The molecule has 0 aromatic carbocycles. The predicted molar refractivity (Wildman–Crippen MR) is 78.9 cm³/mol. The van der Waals surface area contributed by atoms with E-state index in [1.165, 1.54) is 25.7 Å². The smallest absolute Gasteiger partial charge is 0.217 e. The Morgan fingerprint density at radius 2 is 2.20 bits per heavy atom. The average Bonchev–Trinajstić information content (AvgIpc) is 2.86. The third-order valence-corrected chi connectivity index (χ3v) is 4.88. The maximum absolute atomic E-state index is 11.2. The number of hydrogen-bond acceptors (Lipinski definition) is 3. The van der Waals surface area contributed by atoms with E-state index < -0.39 is 0 Å². The Morgan fingerprint density at radius 1 is 1.40 bits per heavy atom. The molecular formula is C16H27N3O. The van der Waals surface area contributed by atoms with E-state index in [-0.39, 0.29) is 17.9 Å². The van der Waals surface area contributed by atoms with Crippen LogP contribution in [0.4, 0.5) is 0 Å². The van der Waals surface area contributed by atoms with E-state index >= 15 is 0 Å². The quantitative estimate of drug-likeness (QED) is 0.858. The molecule has 4 nitrogen and oxygen atoms in total. The van der Waals surface area contributed by atoms with Crippen molar-refractivity contribution in [2.75, 3.05) is 13.1 Å². The largest absolute Gasteiger partial charge is 0.352 e. The van der Waals surface area contributed by atoms with Crippen molar-refractivity contribution < 1.29 is 4.79 Å². The molecule has 1 amide bonds. The molecule has 112 valence electrons. The summed E-state index contributed by atoms with van der Waals surface area (Å²) in [6.45, 7) is 5.76. The van der Waals surface area contributed by atoms with Crippen LogP contribution in [0, 0.1) is 23.2 Å². The zero-order chi connectivity index (χ0) is 14.5. The zero-order valence-corrected chi connectivity index (χ0v) is 12.8. The number of nitrogens with zero attached hydrogens (tertiary/aromatic N) is 2. The van der Waals surface area contributed by atoms with Gasteiger partial charge in [0.2, 0.25) is 5.91 Å². The third-order valence-electron chi connectivity index (χ3n) is 4.88. The van der Waals surface area contributed by atoms with Crippen LogP contribution < -0.4 is 5.32 Å². The van der Waals surface area contributed by atoms with E-state index in [4.69, 9.17) is 0 Å². The maximum atomic E-state index is 11.2. The van der Waals surface area contributed by atoms with E-state index in [2.05, 4.69) is 23.2 Å². The van der Waals surface area contributed by atoms with E-state index in [9.17, 15) is 10.1 Å². The molecule has 2 aliphatic rings. The first kappa shape index (κ1) is 15.3. The van der Waals surface area contributed by atoms with Gasteiger partial charge in [-0.3, -0.25) is 9.69 Å². The second-order valence-electron chi connectivity index (χ2n) is 6.45. The van der Waals surface area contributed by atoms with Crippen molar-refractivity contribution in [3.8, 4) is 6.07 Å². The van der Waals surface area contributed by atoms with Crippen LogP contribution in [0.3, 0.4) is 0 Å². The SMILES string of the molecule is CCCC1CCC(C#N)C(N2CCC(NC(C)=O)C2)C1. The summed E-state index contributed by atoms with van der Waals surface area (Å²) < 4.78 is 0. The first-order valence-corrected chi connectivity index (χ1v) is 8.04. The van der Waals surface area contributed by atoms with Crippen molar-refractivity contribution in [3.63, 3.8) is 0 Å². The Labute approximate surface area is 122 Å². The highest BCUT2D eigenvalue weighted by Crippen LogP contribution is 2.35. The number of carbonyl (C=O) groups excluding carboxylic acids is 1. The highest BCUT2D eigenvalue weighted by Gasteiger charge is 2.37. The van der Waals surface area contributed by atoms with Crippen molar-refractivity contribution in [1.29, 1.82) is 5.26 Å². The lowest BCUT2D eigenvalue weighted by molar-refractivity contribution is -0.119. The average molecular weight is 277 g/mol. The Hall–Kier alpha value is -1.08. The van der Waals surface area contributed by atoms with Gasteiger partial charge in [0.25, 0.3) is 0 Å². The number of nitriles is 1. The van der Waals surface area contributed by atoms with Gasteiger partial charge in [-0.15, -0.1) is 0 Å². The normalized spacial score (nSPS) is 34.6. The molecule has 0 spiro atoms. The molecular weight excluding hydrogens is 250 g/mol. The fourth-order valence-electron chi connectivity index (χ4n) is 3.95. The summed E-state index contributed by atoms with van der Waals surface area (Å²) in [5.41, 5.74) is 0. The molecule has 4 atom stereocenters. The van der Waals surface area contributed by atoms with Gasteiger partial charge in [0, 0.05) is 32.1 Å². The number of hydrogen-bond donors (Lipinski definition) is 1. The molecule has 0 aromatic rings. The first-order valence-electron chi connectivity index (χ1n) is 8.04. The summed E-state index contributed by atoms with van der Waals surface area (Å²) >= 11 is 0.